The molecule has 5 heteroatoms. The smallest absolute Gasteiger partial charge is 0.274 e. The first kappa shape index (κ1) is 15.4. The molecule has 0 saturated heterocycles. The molecule has 0 aliphatic carbocycles. The number of halogens is 1. The molecule has 0 aliphatic heterocycles. The van der Waals surface area contributed by atoms with Gasteiger partial charge >= 0.3 is 0 Å². The highest BCUT2D eigenvalue weighted by atomic mass is 19.1. The van der Waals surface area contributed by atoms with Crippen LogP contribution >= 0.6 is 0 Å². The van der Waals surface area contributed by atoms with E-state index in [4.69, 9.17) is 5.73 Å². The average molecular weight is 311 g/mol. The summed E-state index contributed by atoms with van der Waals surface area (Å²) in [5.74, 6) is -0.275. The fourth-order valence-electron chi connectivity index (χ4n) is 2.67. The fraction of sp³-hybridized carbons (Fsp3) is 0.222. The van der Waals surface area contributed by atoms with Crippen molar-refractivity contribution in [1.29, 1.82) is 0 Å². The Labute approximate surface area is 133 Å². The Hall–Kier alpha value is -2.53. The van der Waals surface area contributed by atoms with Crippen molar-refractivity contribution in [2.45, 2.75) is 19.4 Å². The van der Waals surface area contributed by atoms with Crippen molar-refractivity contribution in [2.24, 2.45) is 5.73 Å². The third-order valence-corrected chi connectivity index (χ3v) is 3.78. The lowest BCUT2D eigenvalue weighted by Gasteiger charge is -2.11. The molecule has 118 valence electrons. The van der Waals surface area contributed by atoms with E-state index in [0.29, 0.717) is 31.3 Å². The first-order valence-corrected chi connectivity index (χ1v) is 7.62. The topological polar surface area (TPSA) is 60.9 Å². The van der Waals surface area contributed by atoms with E-state index in [1.807, 2.05) is 24.3 Å². The summed E-state index contributed by atoms with van der Waals surface area (Å²) in [6.07, 6.45) is 1.16. The Morgan fingerprint density at radius 3 is 2.61 bits per heavy atom. The number of aromatic nitrogens is 2. The first-order chi connectivity index (χ1) is 11.2. The SMILES string of the molecule is NCCCn1nc(Cc2cccc(F)c2)c2ccccc2c1=O. The van der Waals surface area contributed by atoms with Gasteiger partial charge in [0.05, 0.1) is 11.1 Å². The van der Waals surface area contributed by atoms with Gasteiger partial charge < -0.3 is 5.73 Å². The summed E-state index contributed by atoms with van der Waals surface area (Å²) in [6.45, 7) is 0.983. The number of benzene rings is 2. The predicted molar refractivity (Wildman–Crippen MR) is 88.9 cm³/mol. The zero-order valence-electron chi connectivity index (χ0n) is 12.7. The summed E-state index contributed by atoms with van der Waals surface area (Å²) in [6, 6.07) is 13.8. The minimum absolute atomic E-state index is 0.114. The number of aryl methyl sites for hydroxylation is 1. The lowest BCUT2D eigenvalue weighted by molar-refractivity contribution is 0.551. The van der Waals surface area contributed by atoms with Gasteiger partial charge in [0.15, 0.2) is 0 Å². The summed E-state index contributed by atoms with van der Waals surface area (Å²) in [5.41, 5.74) is 7.01. The highest BCUT2D eigenvalue weighted by Crippen LogP contribution is 2.17. The third kappa shape index (κ3) is 3.29. The van der Waals surface area contributed by atoms with E-state index in [0.717, 1.165) is 16.6 Å². The molecule has 0 atom stereocenters. The molecule has 1 heterocycles. The molecule has 1 aromatic heterocycles. The summed E-state index contributed by atoms with van der Waals surface area (Å²) in [4.78, 5) is 12.5. The number of nitrogens with two attached hydrogens (primary N) is 1. The quantitative estimate of drug-likeness (QED) is 0.787. The van der Waals surface area contributed by atoms with Crippen molar-refractivity contribution in [2.75, 3.05) is 6.54 Å². The van der Waals surface area contributed by atoms with E-state index < -0.39 is 0 Å². The maximum absolute atomic E-state index is 13.4. The summed E-state index contributed by atoms with van der Waals surface area (Å²) < 4.78 is 14.9. The molecule has 0 radical (unpaired) electrons. The zero-order valence-corrected chi connectivity index (χ0v) is 12.7. The summed E-state index contributed by atoms with van der Waals surface area (Å²) >= 11 is 0. The minimum Gasteiger partial charge on any atom is -0.330 e. The molecule has 23 heavy (non-hydrogen) atoms. The van der Waals surface area contributed by atoms with Crippen LogP contribution in [0.1, 0.15) is 17.7 Å². The van der Waals surface area contributed by atoms with Gasteiger partial charge in [-0.15, -0.1) is 0 Å². The molecule has 2 aromatic carbocycles. The van der Waals surface area contributed by atoms with Crippen molar-refractivity contribution in [3.8, 4) is 0 Å². The van der Waals surface area contributed by atoms with Crippen LogP contribution < -0.4 is 11.3 Å². The van der Waals surface area contributed by atoms with Crippen LogP contribution in [0.2, 0.25) is 0 Å². The molecular weight excluding hydrogens is 293 g/mol. The number of hydrogen-bond acceptors (Lipinski definition) is 3. The maximum Gasteiger partial charge on any atom is 0.274 e. The van der Waals surface area contributed by atoms with Gasteiger partial charge in [-0.25, -0.2) is 9.07 Å². The van der Waals surface area contributed by atoms with E-state index in [9.17, 15) is 9.18 Å². The van der Waals surface area contributed by atoms with Crippen LogP contribution in [-0.4, -0.2) is 16.3 Å². The third-order valence-electron chi connectivity index (χ3n) is 3.78. The van der Waals surface area contributed by atoms with Crippen LogP contribution in [0.5, 0.6) is 0 Å². The van der Waals surface area contributed by atoms with Gasteiger partial charge in [0, 0.05) is 18.4 Å². The molecule has 0 bridgehead atoms. The zero-order chi connectivity index (χ0) is 16.2. The molecule has 4 nitrogen and oxygen atoms in total. The second kappa shape index (κ2) is 6.71. The second-order valence-corrected chi connectivity index (χ2v) is 5.47. The van der Waals surface area contributed by atoms with Gasteiger partial charge in [-0.05, 0) is 36.7 Å². The van der Waals surface area contributed by atoms with Gasteiger partial charge in [0.25, 0.3) is 5.56 Å². The summed E-state index contributed by atoms with van der Waals surface area (Å²) in [5, 5.41) is 5.93. The molecule has 0 unspecified atom stereocenters. The van der Waals surface area contributed by atoms with Gasteiger partial charge in [-0.3, -0.25) is 4.79 Å². The van der Waals surface area contributed by atoms with Crippen LogP contribution in [0.15, 0.2) is 53.3 Å². The largest absolute Gasteiger partial charge is 0.330 e. The van der Waals surface area contributed by atoms with Crippen LogP contribution in [0.25, 0.3) is 10.8 Å². The minimum atomic E-state index is -0.275. The first-order valence-electron chi connectivity index (χ1n) is 7.62. The molecule has 0 aliphatic rings. The molecular formula is C18H18FN3O. The Bertz CT molecular complexity index is 889. The highest BCUT2D eigenvalue weighted by molar-refractivity contribution is 5.83. The fourth-order valence-corrected chi connectivity index (χ4v) is 2.67. The lowest BCUT2D eigenvalue weighted by Crippen LogP contribution is -2.26. The molecule has 0 amide bonds. The number of fused-ring (bicyclic) bond motifs is 1. The van der Waals surface area contributed by atoms with Crippen molar-refractivity contribution in [3.63, 3.8) is 0 Å². The Morgan fingerprint density at radius 1 is 1.09 bits per heavy atom. The van der Waals surface area contributed by atoms with Crippen molar-refractivity contribution in [1.82, 2.24) is 9.78 Å². The normalized spacial score (nSPS) is 11.0. The highest BCUT2D eigenvalue weighted by Gasteiger charge is 2.11. The average Bonchev–Trinajstić information content (AvgIpc) is 2.56. The van der Waals surface area contributed by atoms with Gasteiger partial charge in [-0.1, -0.05) is 30.3 Å². The van der Waals surface area contributed by atoms with E-state index in [2.05, 4.69) is 5.10 Å². The molecule has 0 spiro atoms. The summed E-state index contributed by atoms with van der Waals surface area (Å²) in [7, 11) is 0. The maximum atomic E-state index is 13.4. The number of hydrogen-bond donors (Lipinski definition) is 1. The van der Waals surface area contributed by atoms with Crippen LogP contribution in [0.4, 0.5) is 4.39 Å². The van der Waals surface area contributed by atoms with Crippen LogP contribution in [-0.2, 0) is 13.0 Å². The second-order valence-electron chi connectivity index (χ2n) is 5.47. The lowest BCUT2D eigenvalue weighted by atomic mass is 10.0. The van der Waals surface area contributed by atoms with E-state index in [1.54, 1.807) is 12.1 Å². The Kier molecular flexibility index (Phi) is 4.48. The van der Waals surface area contributed by atoms with Crippen molar-refractivity contribution in [3.05, 3.63) is 76.0 Å². The Morgan fingerprint density at radius 2 is 1.87 bits per heavy atom. The van der Waals surface area contributed by atoms with Crippen LogP contribution in [0.3, 0.4) is 0 Å². The Balaban J connectivity index is 2.11. The molecule has 3 aromatic rings. The number of nitrogens with zero attached hydrogens (tertiary/aromatic N) is 2. The molecule has 2 N–H and O–H groups in total. The van der Waals surface area contributed by atoms with Gasteiger partial charge in [0.2, 0.25) is 0 Å². The van der Waals surface area contributed by atoms with Crippen LogP contribution in [0, 0.1) is 5.82 Å². The molecule has 0 saturated carbocycles. The van der Waals surface area contributed by atoms with E-state index >= 15 is 0 Å². The standard InChI is InChI=1S/C18H18FN3O/c19-14-6-3-5-13(11-14)12-17-15-7-1-2-8-16(15)18(23)22(21-17)10-4-9-20/h1-3,5-8,11H,4,9-10,12,20H2. The number of rotatable bonds is 5. The predicted octanol–water partition coefficient (Wildman–Crippen LogP) is 2.48. The monoisotopic (exact) mass is 311 g/mol. The molecule has 0 fully saturated rings. The van der Waals surface area contributed by atoms with Gasteiger partial charge in [0.1, 0.15) is 5.82 Å². The molecule has 3 rings (SSSR count). The van der Waals surface area contributed by atoms with Crippen molar-refractivity contribution < 1.29 is 4.39 Å². The van der Waals surface area contributed by atoms with Gasteiger partial charge in [-0.2, -0.15) is 5.10 Å². The van der Waals surface area contributed by atoms with E-state index in [1.165, 1.54) is 16.8 Å². The van der Waals surface area contributed by atoms with Crippen molar-refractivity contribution >= 4 is 10.8 Å². The van der Waals surface area contributed by atoms with E-state index in [-0.39, 0.29) is 11.4 Å².